The first kappa shape index (κ1) is 22.5. The topological polar surface area (TPSA) is 99.2 Å². The molecule has 1 amide bonds. The maximum absolute atomic E-state index is 13.4. The quantitative estimate of drug-likeness (QED) is 0.701. The Kier molecular flexibility index (Phi) is 6.31. The summed E-state index contributed by atoms with van der Waals surface area (Å²) in [7, 11) is -3.99. The van der Waals surface area contributed by atoms with Gasteiger partial charge in [-0.05, 0) is 30.9 Å². The van der Waals surface area contributed by atoms with Crippen LogP contribution in [0.25, 0.3) is 0 Å². The molecular formula is C22H33N3O5S. The summed E-state index contributed by atoms with van der Waals surface area (Å²) in [5, 5.41) is 13.4. The molecule has 3 aliphatic heterocycles. The van der Waals surface area contributed by atoms with E-state index in [1.807, 2.05) is 0 Å². The highest BCUT2D eigenvalue weighted by atomic mass is 32.2. The molecule has 172 valence electrons. The number of fused-ring (bicyclic) bond motifs is 2. The summed E-state index contributed by atoms with van der Waals surface area (Å²) in [4.78, 5) is 15.8. The van der Waals surface area contributed by atoms with Gasteiger partial charge in [-0.25, -0.2) is 8.42 Å². The van der Waals surface area contributed by atoms with Crippen molar-refractivity contribution in [2.75, 3.05) is 32.8 Å². The molecule has 2 saturated heterocycles. The van der Waals surface area contributed by atoms with E-state index in [1.165, 1.54) is 6.07 Å². The van der Waals surface area contributed by atoms with Crippen LogP contribution in [0.4, 0.5) is 0 Å². The molecule has 0 aromatic heterocycles. The first-order valence-corrected chi connectivity index (χ1v) is 12.6. The average Bonchev–Trinajstić information content (AvgIpc) is 3.12. The van der Waals surface area contributed by atoms with Crippen LogP contribution in [0.5, 0.6) is 5.75 Å². The summed E-state index contributed by atoms with van der Waals surface area (Å²) < 4.78 is 33.9. The Morgan fingerprint density at radius 1 is 1.23 bits per heavy atom. The van der Waals surface area contributed by atoms with E-state index in [0.29, 0.717) is 24.7 Å². The first-order valence-electron chi connectivity index (χ1n) is 11.2. The predicted molar refractivity (Wildman–Crippen MR) is 116 cm³/mol. The molecule has 8 nitrogen and oxygen atoms in total. The summed E-state index contributed by atoms with van der Waals surface area (Å²) >= 11 is 0. The van der Waals surface area contributed by atoms with E-state index in [9.17, 15) is 18.3 Å². The molecule has 9 heteroatoms. The lowest BCUT2D eigenvalue weighted by atomic mass is 9.84. The molecule has 0 unspecified atom stereocenters. The fourth-order valence-electron chi connectivity index (χ4n) is 5.02. The van der Waals surface area contributed by atoms with Gasteiger partial charge in [-0.15, -0.1) is 0 Å². The maximum Gasteiger partial charge on any atom is 0.247 e. The third-order valence-corrected chi connectivity index (χ3v) is 8.55. The highest BCUT2D eigenvalue weighted by Gasteiger charge is 2.47. The Morgan fingerprint density at radius 2 is 1.94 bits per heavy atom. The lowest BCUT2D eigenvalue weighted by Gasteiger charge is -2.43. The number of carbonyl (C=O) groups excluding carboxylic acids is 1. The van der Waals surface area contributed by atoms with E-state index in [1.54, 1.807) is 18.2 Å². The predicted octanol–water partition coefficient (Wildman–Crippen LogP) is 1.20. The van der Waals surface area contributed by atoms with Crippen molar-refractivity contribution >= 4 is 15.9 Å². The summed E-state index contributed by atoms with van der Waals surface area (Å²) in [5.74, 6) is 0.552. The van der Waals surface area contributed by atoms with Gasteiger partial charge in [-0.3, -0.25) is 4.79 Å². The number of hydrogen-bond donors (Lipinski definition) is 2. The molecule has 2 atom stereocenters. The molecule has 1 aromatic carbocycles. The number of likely N-dealkylation sites (tertiary alicyclic amines) is 1. The molecule has 4 rings (SSSR count). The molecule has 0 aliphatic carbocycles. The number of sulfonamides is 1. The second-order valence-electron chi connectivity index (χ2n) is 9.49. The van der Waals surface area contributed by atoms with Crippen molar-refractivity contribution in [2.45, 2.75) is 62.1 Å². The highest BCUT2D eigenvalue weighted by molar-refractivity contribution is 7.89. The molecule has 31 heavy (non-hydrogen) atoms. The van der Waals surface area contributed by atoms with Crippen LogP contribution in [-0.4, -0.2) is 79.1 Å². The van der Waals surface area contributed by atoms with Crippen LogP contribution < -0.4 is 10.1 Å². The van der Waals surface area contributed by atoms with Gasteiger partial charge in [-0.1, -0.05) is 26.0 Å². The minimum Gasteiger partial charge on any atom is -0.492 e. The second-order valence-corrected chi connectivity index (χ2v) is 11.3. The van der Waals surface area contributed by atoms with Crippen LogP contribution in [0, 0.1) is 5.92 Å². The van der Waals surface area contributed by atoms with Gasteiger partial charge in [0.15, 0.2) is 0 Å². The van der Waals surface area contributed by atoms with Crippen molar-refractivity contribution in [3.05, 3.63) is 24.3 Å². The van der Waals surface area contributed by atoms with Crippen molar-refractivity contribution in [2.24, 2.45) is 5.92 Å². The third-order valence-electron chi connectivity index (χ3n) is 6.64. The summed E-state index contributed by atoms with van der Waals surface area (Å²) in [5.41, 5.74) is -0.438. The number of carbonyl (C=O) groups is 1. The maximum atomic E-state index is 13.4. The van der Waals surface area contributed by atoms with Crippen molar-refractivity contribution < 1.29 is 23.1 Å². The number of amides is 1. The lowest BCUT2D eigenvalue weighted by Crippen LogP contribution is -2.59. The van der Waals surface area contributed by atoms with Gasteiger partial charge in [0.1, 0.15) is 16.7 Å². The Balaban J connectivity index is 1.65. The minimum atomic E-state index is -3.99. The van der Waals surface area contributed by atoms with E-state index in [-0.39, 0.29) is 23.8 Å². The van der Waals surface area contributed by atoms with Crippen molar-refractivity contribution in [1.82, 2.24) is 14.5 Å². The van der Waals surface area contributed by atoms with Gasteiger partial charge < -0.3 is 20.1 Å². The Labute approximate surface area is 184 Å². The monoisotopic (exact) mass is 451 g/mol. The van der Waals surface area contributed by atoms with Crippen LogP contribution in [0.1, 0.15) is 39.5 Å². The number of aliphatic hydroxyl groups is 1. The zero-order chi connectivity index (χ0) is 22.2. The van der Waals surface area contributed by atoms with Crippen molar-refractivity contribution in [3.8, 4) is 5.75 Å². The molecule has 2 fully saturated rings. The van der Waals surface area contributed by atoms with Gasteiger partial charge in [-0.2, -0.15) is 4.31 Å². The van der Waals surface area contributed by atoms with Gasteiger partial charge in [0.05, 0.1) is 12.7 Å². The standard InChI is InChI=1S/C22H33N3O5S/c1-16(2)14-24-10-7-22(8-11-24)9-12-30-19-5-3-4-6-20(19)31(28,29)25-15-17(26)13-18(25)21(27)23-22/h3-6,16-18,26H,7-15H2,1-2H3,(H,23,27)/t17-,18+/m1/s1. The van der Waals surface area contributed by atoms with Gasteiger partial charge in [0, 0.05) is 44.6 Å². The van der Waals surface area contributed by atoms with Gasteiger partial charge >= 0.3 is 0 Å². The molecule has 0 bridgehead atoms. The van der Waals surface area contributed by atoms with Crippen LogP contribution in [0.15, 0.2) is 29.2 Å². The summed E-state index contributed by atoms with van der Waals surface area (Å²) in [6.07, 6.45) is 1.42. The zero-order valence-corrected chi connectivity index (χ0v) is 19.1. The number of rotatable bonds is 2. The fourth-order valence-corrected chi connectivity index (χ4v) is 6.79. The normalized spacial score (nSPS) is 29.0. The van der Waals surface area contributed by atoms with Crippen LogP contribution >= 0.6 is 0 Å². The lowest BCUT2D eigenvalue weighted by molar-refractivity contribution is -0.127. The molecule has 2 N–H and O–H groups in total. The van der Waals surface area contributed by atoms with E-state index < -0.39 is 27.7 Å². The number of nitrogens with zero attached hydrogens (tertiary/aromatic N) is 2. The fraction of sp³-hybridized carbons (Fsp3) is 0.682. The van der Waals surface area contributed by atoms with E-state index in [0.717, 1.165) is 36.8 Å². The number of benzene rings is 1. The minimum absolute atomic E-state index is 0.0459. The number of hydrogen-bond acceptors (Lipinski definition) is 6. The van der Waals surface area contributed by atoms with Gasteiger partial charge in [0.25, 0.3) is 0 Å². The number of nitrogens with one attached hydrogen (secondary N) is 1. The average molecular weight is 452 g/mol. The Bertz CT molecular complexity index is 911. The molecule has 1 spiro atoms. The number of para-hydroxylation sites is 1. The first-order chi connectivity index (χ1) is 14.7. The van der Waals surface area contributed by atoms with Gasteiger partial charge in [0.2, 0.25) is 15.9 Å². The zero-order valence-electron chi connectivity index (χ0n) is 18.3. The smallest absolute Gasteiger partial charge is 0.247 e. The summed E-state index contributed by atoms with van der Waals surface area (Å²) in [6, 6.07) is 5.62. The summed E-state index contributed by atoms with van der Waals surface area (Å²) in [6.45, 7) is 7.41. The highest BCUT2D eigenvalue weighted by Crippen LogP contribution is 2.35. The molecule has 1 aromatic rings. The van der Waals surface area contributed by atoms with Crippen LogP contribution in [-0.2, 0) is 14.8 Å². The van der Waals surface area contributed by atoms with Crippen LogP contribution in [0.2, 0.25) is 0 Å². The van der Waals surface area contributed by atoms with E-state index in [2.05, 4.69) is 24.1 Å². The molecule has 0 saturated carbocycles. The Morgan fingerprint density at radius 3 is 2.65 bits per heavy atom. The number of aliphatic hydroxyl groups excluding tert-OH is 1. The molecular weight excluding hydrogens is 418 g/mol. The Hall–Kier alpha value is -1.68. The number of ether oxygens (including phenoxy) is 1. The SMILES string of the molecule is CC(C)CN1CCC2(CCOc3ccccc3S(=O)(=O)N3C[C@H](O)C[C@H]3C(=O)N2)CC1. The second kappa shape index (κ2) is 8.69. The van der Waals surface area contributed by atoms with E-state index in [4.69, 9.17) is 4.74 Å². The number of piperidine rings is 1. The largest absolute Gasteiger partial charge is 0.492 e. The van der Waals surface area contributed by atoms with Crippen LogP contribution in [0.3, 0.4) is 0 Å². The van der Waals surface area contributed by atoms with E-state index >= 15 is 0 Å². The van der Waals surface area contributed by atoms with Crippen molar-refractivity contribution in [3.63, 3.8) is 0 Å². The molecule has 0 radical (unpaired) electrons. The molecule has 3 heterocycles. The molecule has 3 aliphatic rings. The van der Waals surface area contributed by atoms with Crippen molar-refractivity contribution in [1.29, 1.82) is 0 Å². The third kappa shape index (κ3) is 4.60.